The van der Waals surface area contributed by atoms with Gasteiger partial charge in [0.1, 0.15) is 17.8 Å². The number of carbonyl (C=O) groups excluding carboxylic acids is 1. The predicted octanol–water partition coefficient (Wildman–Crippen LogP) is 3.61. The Morgan fingerprint density at radius 1 is 1.17 bits per heavy atom. The average molecular weight is 490 g/mol. The summed E-state index contributed by atoms with van der Waals surface area (Å²) < 4.78 is 20.1. The molecule has 0 spiro atoms. The molecule has 1 aliphatic heterocycles. The molecule has 0 atom stereocenters. The molecule has 4 aromatic heterocycles. The van der Waals surface area contributed by atoms with Crippen molar-refractivity contribution in [3.8, 4) is 5.88 Å². The second kappa shape index (κ2) is 10.4. The molecule has 0 saturated carbocycles. The number of nitrogens with one attached hydrogen (secondary N) is 2. The zero-order chi connectivity index (χ0) is 25.1. The van der Waals surface area contributed by atoms with Crippen molar-refractivity contribution in [2.45, 2.75) is 32.2 Å². The van der Waals surface area contributed by atoms with Crippen molar-refractivity contribution < 1.29 is 13.9 Å². The Labute approximate surface area is 208 Å². The van der Waals surface area contributed by atoms with E-state index in [0.717, 1.165) is 38.0 Å². The van der Waals surface area contributed by atoms with Gasteiger partial charge in [-0.1, -0.05) is 13.0 Å². The van der Waals surface area contributed by atoms with Gasteiger partial charge in [0, 0.05) is 49.7 Å². The Hall–Kier alpha value is -3.92. The van der Waals surface area contributed by atoms with Crippen molar-refractivity contribution in [3.05, 3.63) is 71.3 Å². The molecule has 0 bridgehead atoms. The highest BCUT2D eigenvalue weighted by Crippen LogP contribution is 2.28. The van der Waals surface area contributed by atoms with E-state index < -0.39 is 11.7 Å². The van der Waals surface area contributed by atoms with Gasteiger partial charge in [0.05, 0.1) is 23.6 Å². The summed E-state index contributed by atoms with van der Waals surface area (Å²) in [6.45, 7) is 5.22. The molecule has 36 heavy (non-hydrogen) atoms. The minimum Gasteiger partial charge on any atom is -0.481 e. The smallest absolute Gasteiger partial charge is 0.224 e. The first-order chi connectivity index (χ1) is 17.6. The summed E-state index contributed by atoms with van der Waals surface area (Å²) in [6, 6.07) is 6.96. The number of aromatic amines is 1. The Bertz CT molecular complexity index is 1360. The number of methoxy groups -OCH3 is 1. The number of fused-ring (bicyclic) bond motifs is 1. The highest BCUT2D eigenvalue weighted by Gasteiger charge is 2.24. The van der Waals surface area contributed by atoms with Crippen molar-refractivity contribution in [2.75, 3.05) is 32.1 Å². The number of likely N-dealkylation sites (tertiary alicyclic amines) is 1. The van der Waals surface area contributed by atoms with E-state index in [1.165, 1.54) is 12.4 Å². The van der Waals surface area contributed by atoms with Crippen LogP contribution in [0.15, 0.2) is 43.0 Å². The van der Waals surface area contributed by atoms with E-state index in [1.54, 1.807) is 31.6 Å². The Morgan fingerprint density at radius 2 is 2.00 bits per heavy atom. The van der Waals surface area contributed by atoms with E-state index in [4.69, 9.17) is 4.74 Å². The van der Waals surface area contributed by atoms with Crippen molar-refractivity contribution in [2.24, 2.45) is 0 Å². The molecule has 186 valence electrons. The molecule has 1 saturated heterocycles. The number of aromatic nitrogens is 5. The zero-order valence-electron chi connectivity index (χ0n) is 20.3. The maximum Gasteiger partial charge on any atom is 0.224 e. The van der Waals surface area contributed by atoms with Crippen LogP contribution in [0.3, 0.4) is 0 Å². The van der Waals surface area contributed by atoms with Crippen LogP contribution >= 0.6 is 0 Å². The van der Waals surface area contributed by atoms with E-state index in [1.807, 2.05) is 6.07 Å². The second-order valence-electron chi connectivity index (χ2n) is 8.86. The largest absolute Gasteiger partial charge is 0.481 e. The van der Waals surface area contributed by atoms with Crippen molar-refractivity contribution >= 4 is 22.6 Å². The summed E-state index contributed by atoms with van der Waals surface area (Å²) in [6.07, 6.45) is 7.02. The van der Waals surface area contributed by atoms with E-state index >= 15 is 4.39 Å². The van der Waals surface area contributed by atoms with E-state index in [9.17, 15) is 4.79 Å². The number of rotatable bonds is 8. The van der Waals surface area contributed by atoms with Crippen LogP contribution in [-0.2, 0) is 6.42 Å². The fourth-order valence-corrected chi connectivity index (χ4v) is 4.57. The molecule has 0 unspecified atom stereocenters. The standard InChI is InChI=1S/C26H28FN7O2/c1-3-34-10-8-17(9-11-34)33-26-22-20(14-29-25(22)30-15-31-26)23(35)19-6-5-18(32-24(19)27)12-16-4-7-21(36-2)28-13-16/h4-7,13-15,17H,3,8-12H2,1-2H3,(H2,29,30,31,33). The first kappa shape index (κ1) is 23.8. The van der Waals surface area contributed by atoms with Crippen LogP contribution in [0.5, 0.6) is 5.88 Å². The first-order valence-electron chi connectivity index (χ1n) is 12.1. The highest BCUT2D eigenvalue weighted by atomic mass is 19.1. The Balaban J connectivity index is 1.37. The van der Waals surface area contributed by atoms with Crippen LogP contribution in [0.2, 0.25) is 0 Å². The van der Waals surface area contributed by atoms with Gasteiger partial charge in [0.2, 0.25) is 11.8 Å². The number of ketones is 1. The number of carbonyl (C=O) groups is 1. The summed E-state index contributed by atoms with van der Waals surface area (Å²) in [5.74, 6) is -0.201. The SMILES string of the molecule is CCN1CCC(Nc2ncnc3[nH]cc(C(=O)c4ccc(Cc5ccc(OC)nc5)nc4F)c23)CC1. The summed E-state index contributed by atoms with van der Waals surface area (Å²) in [5.41, 5.74) is 2.10. The molecule has 4 aromatic rings. The number of nitrogens with zero attached hydrogens (tertiary/aromatic N) is 5. The maximum absolute atomic E-state index is 15.0. The number of H-pyrrole nitrogens is 1. The summed E-state index contributed by atoms with van der Waals surface area (Å²) in [5, 5.41) is 4.05. The van der Waals surface area contributed by atoms with Gasteiger partial charge in [-0.2, -0.15) is 4.39 Å². The van der Waals surface area contributed by atoms with Crippen molar-refractivity contribution in [1.29, 1.82) is 0 Å². The van der Waals surface area contributed by atoms with Gasteiger partial charge < -0.3 is 19.9 Å². The third kappa shape index (κ3) is 4.90. The second-order valence-corrected chi connectivity index (χ2v) is 8.86. The molecule has 0 aliphatic carbocycles. The number of hydrogen-bond donors (Lipinski definition) is 2. The van der Waals surface area contributed by atoms with Gasteiger partial charge in [-0.3, -0.25) is 4.79 Å². The lowest BCUT2D eigenvalue weighted by Crippen LogP contribution is -2.39. The number of ether oxygens (including phenoxy) is 1. The monoisotopic (exact) mass is 489 g/mol. The predicted molar refractivity (Wildman–Crippen MR) is 134 cm³/mol. The van der Waals surface area contributed by atoms with Crippen molar-refractivity contribution in [3.63, 3.8) is 0 Å². The molecule has 1 aliphatic rings. The van der Waals surface area contributed by atoms with Gasteiger partial charge in [-0.15, -0.1) is 0 Å². The first-order valence-corrected chi connectivity index (χ1v) is 12.1. The maximum atomic E-state index is 15.0. The van der Waals surface area contributed by atoms with Crippen LogP contribution in [0, 0.1) is 5.95 Å². The zero-order valence-corrected chi connectivity index (χ0v) is 20.3. The van der Waals surface area contributed by atoms with Gasteiger partial charge in [0.25, 0.3) is 0 Å². The Kier molecular flexibility index (Phi) is 6.86. The number of piperidine rings is 1. The van der Waals surface area contributed by atoms with Crippen LogP contribution in [0.1, 0.15) is 46.9 Å². The number of halogens is 1. The fourth-order valence-electron chi connectivity index (χ4n) is 4.57. The molecule has 10 heteroatoms. The quantitative estimate of drug-likeness (QED) is 0.285. The minimum atomic E-state index is -0.813. The molecule has 5 heterocycles. The molecule has 1 fully saturated rings. The molecule has 0 radical (unpaired) electrons. The molecular formula is C26H28FN7O2. The van der Waals surface area contributed by atoms with E-state index in [0.29, 0.717) is 40.4 Å². The highest BCUT2D eigenvalue weighted by molar-refractivity contribution is 6.18. The van der Waals surface area contributed by atoms with Crippen molar-refractivity contribution in [1.82, 2.24) is 29.8 Å². The van der Waals surface area contributed by atoms with Gasteiger partial charge in [-0.05, 0) is 37.1 Å². The lowest BCUT2D eigenvalue weighted by atomic mass is 10.0. The van der Waals surface area contributed by atoms with Crippen LogP contribution in [-0.4, -0.2) is 68.4 Å². The van der Waals surface area contributed by atoms with Crippen LogP contribution in [0.4, 0.5) is 10.2 Å². The topological polar surface area (TPSA) is 109 Å². The summed E-state index contributed by atoms with van der Waals surface area (Å²) >= 11 is 0. The Morgan fingerprint density at radius 3 is 2.69 bits per heavy atom. The molecule has 2 N–H and O–H groups in total. The van der Waals surface area contributed by atoms with Gasteiger partial charge in [-0.25, -0.2) is 19.9 Å². The lowest BCUT2D eigenvalue weighted by Gasteiger charge is -2.31. The molecular weight excluding hydrogens is 461 g/mol. The van der Waals surface area contributed by atoms with Gasteiger partial charge >= 0.3 is 0 Å². The number of hydrogen-bond acceptors (Lipinski definition) is 8. The normalized spacial score (nSPS) is 14.8. The summed E-state index contributed by atoms with van der Waals surface area (Å²) in [4.78, 5) is 35.7. The third-order valence-corrected chi connectivity index (χ3v) is 6.63. The molecule has 9 nitrogen and oxygen atoms in total. The molecule has 0 amide bonds. The van der Waals surface area contributed by atoms with E-state index in [2.05, 4.69) is 42.1 Å². The lowest BCUT2D eigenvalue weighted by molar-refractivity contribution is 0.103. The number of pyridine rings is 2. The third-order valence-electron chi connectivity index (χ3n) is 6.63. The summed E-state index contributed by atoms with van der Waals surface area (Å²) in [7, 11) is 1.55. The molecule has 0 aromatic carbocycles. The fraction of sp³-hybridized carbons (Fsp3) is 0.346. The minimum absolute atomic E-state index is 0.0986. The van der Waals surface area contributed by atoms with Gasteiger partial charge in [0.15, 0.2) is 5.78 Å². The number of anilines is 1. The van der Waals surface area contributed by atoms with Crippen LogP contribution < -0.4 is 10.1 Å². The van der Waals surface area contributed by atoms with Crippen LogP contribution in [0.25, 0.3) is 11.0 Å². The molecule has 5 rings (SSSR count). The van der Waals surface area contributed by atoms with E-state index in [-0.39, 0.29) is 11.6 Å². The average Bonchev–Trinajstić information content (AvgIpc) is 3.35.